The summed E-state index contributed by atoms with van der Waals surface area (Å²) >= 11 is 0. The Balaban J connectivity index is 1.62. The number of sulfonamides is 1. The van der Waals surface area contributed by atoms with Crippen LogP contribution in [0.5, 0.6) is 0 Å². The van der Waals surface area contributed by atoms with Crippen LogP contribution in [0.4, 0.5) is 11.4 Å². The van der Waals surface area contributed by atoms with Crippen molar-refractivity contribution in [3.05, 3.63) is 77.7 Å². The molecule has 0 aliphatic rings. The van der Waals surface area contributed by atoms with Crippen molar-refractivity contribution >= 4 is 27.3 Å². The lowest BCUT2D eigenvalue weighted by Gasteiger charge is -2.13. The molecule has 2 aromatic carbocycles. The van der Waals surface area contributed by atoms with Crippen molar-refractivity contribution in [3.8, 4) is 0 Å². The van der Waals surface area contributed by atoms with Gasteiger partial charge in [0.1, 0.15) is 5.76 Å². The highest BCUT2D eigenvalue weighted by atomic mass is 32.2. The van der Waals surface area contributed by atoms with E-state index in [0.29, 0.717) is 11.4 Å². The van der Waals surface area contributed by atoms with E-state index in [2.05, 4.69) is 15.4 Å². The predicted molar refractivity (Wildman–Crippen MR) is 112 cm³/mol. The van der Waals surface area contributed by atoms with Gasteiger partial charge in [-0.05, 0) is 55.3 Å². The standard InChI is InChI=1S/C21H23N3O4S/c1-15-6-3-7-16(2)21(15)22-14-20(25)24-17-8-4-10-19(12-17)29(26,27)23-13-18-9-5-11-28-18/h3-12,22-23H,13-14H2,1-2H3,(H,24,25). The van der Waals surface area contributed by atoms with Crippen LogP contribution in [0.1, 0.15) is 16.9 Å². The zero-order valence-electron chi connectivity index (χ0n) is 16.2. The third-order valence-electron chi connectivity index (χ3n) is 4.35. The van der Waals surface area contributed by atoms with Gasteiger partial charge in [0.2, 0.25) is 15.9 Å². The lowest BCUT2D eigenvalue weighted by Crippen LogP contribution is -2.24. The number of aryl methyl sites for hydroxylation is 2. The summed E-state index contributed by atoms with van der Waals surface area (Å²) in [5.74, 6) is 0.237. The van der Waals surface area contributed by atoms with Crippen molar-refractivity contribution in [3.63, 3.8) is 0 Å². The minimum atomic E-state index is -3.74. The maximum absolute atomic E-state index is 12.5. The van der Waals surface area contributed by atoms with Gasteiger partial charge in [-0.3, -0.25) is 4.79 Å². The summed E-state index contributed by atoms with van der Waals surface area (Å²) in [5.41, 5.74) is 3.42. The van der Waals surface area contributed by atoms with E-state index in [-0.39, 0.29) is 23.9 Å². The maximum atomic E-state index is 12.5. The van der Waals surface area contributed by atoms with E-state index in [1.165, 1.54) is 18.4 Å². The molecule has 0 fully saturated rings. The van der Waals surface area contributed by atoms with Gasteiger partial charge in [0, 0.05) is 11.4 Å². The second kappa shape index (κ2) is 8.93. The molecule has 1 aromatic heterocycles. The fourth-order valence-electron chi connectivity index (χ4n) is 2.87. The zero-order chi connectivity index (χ0) is 20.9. The summed E-state index contributed by atoms with van der Waals surface area (Å²) in [7, 11) is -3.74. The molecule has 1 heterocycles. The number of carbonyl (C=O) groups excluding carboxylic acids is 1. The lowest BCUT2D eigenvalue weighted by molar-refractivity contribution is -0.114. The molecule has 1 amide bonds. The fraction of sp³-hybridized carbons (Fsp3) is 0.190. The van der Waals surface area contributed by atoms with Gasteiger partial charge in [0.05, 0.1) is 24.2 Å². The molecule has 3 aromatic rings. The molecule has 0 aliphatic carbocycles. The number of amides is 1. The number of hydrogen-bond acceptors (Lipinski definition) is 5. The van der Waals surface area contributed by atoms with Gasteiger partial charge in [-0.15, -0.1) is 0 Å². The molecule has 0 saturated carbocycles. The lowest BCUT2D eigenvalue weighted by atomic mass is 10.1. The SMILES string of the molecule is Cc1cccc(C)c1NCC(=O)Nc1cccc(S(=O)(=O)NCc2ccco2)c1. The van der Waals surface area contributed by atoms with Gasteiger partial charge in [0.25, 0.3) is 0 Å². The van der Waals surface area contributed by atoms with Gasteiger partial charge in [-0.1, -0.05) is 24.3 Å². The van der Waals surface area contributed by atoms with Crippen LogP contribution in [0, 0.1) is 13.8 Å². The Morgan fingerprint density at radius 3 is 2.41 bits per heavy atom. The Hall–Kier alpha value is -3.10. The first-order chi connectivity index (χ1) is 13.8. The van der Waals surface area contributed by atoms with Crippen LogP contribution in [0.25, 0.3) is 0 Å². The molecular formula is C21H23N3O4S. The van der Waals surface area contributed by atoms with E-state index in [4.69, 9.17) is 4.42 Å². The molecule has 0 atom stereocenters. The van der Waals surface area contributed by atoms with Crippen LogP contribution in [0.15, 0.2) is 70.2 Å². The number of nitrogens with one attached hydrogen (secondary N) is 3. The van der Waals surface area contributed by atoms with Crippen LogP contribution in [-0.4, -0.2) is 20.9 Å². The monoisotopic (exact) mass is 413 g/mol. The van der Waals surface area contributed by atoms with Crippen LogP contribution >= 0.6 is 0 Å². The van der Waals surface area contributed by atoms with Crippen molar-refractivity contribution in [2.45, 2.75) is 25.3 Å². The molecule has 0 radical (unpaired) electrons. The number of furan rings is 1. The highest BCUT2D eigenvalue weighted by Gasteiger charge is 2.15. The number of benzene rings is 2. The first-order valence-electron chi connectivity index (χ1n) is 9.07. The molecule has 3 N–H and O–H groups in total. The number of hydrogen-bond donors (Lipinski definition) is 3. The molecule has 8 heteroatoms. The Kier molecular flexibility index (Phi) is 6.36. The second-order valence-corrected chi connectivity index (χ2v) is 8.37. The highest BCUT2D eigenvalue weighted by Crippen LogP contribution is 2.19. The Morgan fingerprint density at radius 1 is 1.00 bits per heavy atom. The summed E-state index contributed by atoms with van der Waals surface area (Å²) in [6.07, 6.45) is 1.48. The number of carbonyl (C=O) groups is 1. The quantitative estimate of drug-likeness (QED) is 0.525. The van der Waals surface area contributed by atoms with Gasteiger partial charge in [-0.25, -0.2) is 13.1 Å². The maximum Gasteiger partial charge on any atom is 0.243 e. The molecule has 0 bridgehead atoms. The van der Waals surface area contributed by atoms with Crippen LogP contribution in [0.2, 0.25) is 0 Å². The van der Waals surface area contributed by atoms with Crippen molar-refractivity contribution in [2.75, 3.05) is 17.2 Å². The highest BCUT2D eigenvalue weighted by molar-refractivity contribution is 7.89. The molecule has 0 aliphatic heterocycles. The molecule has 0 spiro atoms. The molecule has 152 valence electrons. The molecule has 29 heavy (non-hydrogen) atoms. The van der Waals surface area contributed by atoms with Gasteiger partial charge >= 0.3 is 0 Å². The van der Waals surface area contributed by atoms with Gasteiger partial charge in [-0.2, -0.15) is 0 Å². The van der Waals surface area contributed by atoms with E-state index < -0.39 is 10.0 Å². The number of rotatable bonds is 8. The van der Waals surface area contributed by atoms with Crippen molar-refractivity contribution in [1.29, 1.82) is 0 Å². The average molecular weight is 413 g/mol. The third-order valence-corrected chi connectivity index (χ3v) is 5.75. The fourth-order valence-corrected chi connectivity index (χ4v) is 3.91. The van der Waals surface area contributed by atoms with E-state index in [1.54, 1.807) is 24.3 Å². The predicted octanol–water partition coefficient (Wildman–Crippen LogP) is 3.43. The van der Waals surface area contributed by atoms with Crippen molar-refractivity contribution < 1.29 is 17.6 Å². The Bertz CT molecular complexity index is 1070. The van der Waals surface area contributed by atoms with Gasteiger partial charge in [0.15, 0.2) is 0 Å². The van der Waals surface area contributed by atoms with E-state index >= 15 is 0 Å². The van der Waals surface area contributed by atoms with Crippen LogP contribution < -0.4 is 15.4 Å². The summed E-state index contributed by atoms with van der Waals surface area (Å²) in [4.78, 5) is 12.4. The Morgan fingerprint density at radius 2 is 1.72 bits per heavy atom. The Labute approximate surface area is 170 Å². The minimum absolute atomic E-state index is 0.0472. The summed E-state index contributed by atoms with van der Waals surface area (Å²) in [6.45, 7) is 4.06. The normalized spacial score (nSPS) is 11.2. The second-order valence-electron chi connectivity index (χ2n) is 6.60. The third kappa shape index (κ3) is 5.46. The van der Waals surface area contributed by atoms with E-state index in [1.807, 2.05) is 32.0 Å². The number of para-hydroxylation sites is 1. The van der Waals surface area contributed by atoms with E-state index in [9.17, 15) is 13.2 Å². The summed E-state index contributed by atoms with van der Waals surface area (Å²) < 4.78 is 32.5. The van der Waals surface area contributed by atoms with Crippen molar-refractivity contribution in [2.24, 2.45) is 0 Å². The van der Waals surface area contributed by atoms with Crippen LogP contribution in [0.3, 0.4) is 0 Å². The zero-order valence-corrected chi connectivity index (χ0v) is 17.0. The minimum Gasteiger partial charge on any atom is -0.468 e. The molecule has 0 saturated heterocycles. The smallest absolute Gasteiger partial charge is 0.243 e. The molecule has 3 rings (SSSR count). The summed E-state index contributed by atoms with van der Waals surface area (Å²) in [6, 6.07) is 15.4. The van der Waals surface area contributed by atoms with Crippen LogP contribution in [-0.2, 0) is 21.4 Å². The van der Waals surface area contributed by atoms with E-state index in [0.717, 1.165) is 16.8 Å². The molecule has 0 unspecified atom stereocenters. The first kappa shape index (κ1) is 20.6. The molecular weight excluding hydrogens is 390 g/mol. The number of anilines is 2. The van der Waals surface area contributed by atoms with Gasteiger partial charge < -0.3 is 15.1 Å². The topological polar surface area (TPSA) is 100 Å². The summed E-state index contributed by atoms with van der Waals surface area (Å²) in [5, 5.41) is 5.85. The van der Waals surface area contributed by atoms with Crippen molar-refractivity contribution in [1.82, 2.24) is 4.72 Å². The average Bonchev–Trinajstić information content (AvgIpc) is 3.20. The largest absolute Gasteiger partial charge is 0.468 e. The molecule has 7 nitrogen and oxygen atoms in total. The first-order valence-corrected chi connectivity index (χ1v) is 10.6.